The number of nitrogens with one attached hydrogen (secondary N) is 2. The number of pyridine rings is 1. The second-order valence-corrected chi connectivity index (χ2v) is 11.4. The first-order valence-electron chi connectivity index (χ1n) is 12.5. The number of hydrogen-bond acceptors (Lipinski definition) is 8. The lowest BCUT2D eigenvalue weighted by molar-refractivity contribution is -0.145. The molecule has 1 aliphatic rings. The lowest BCUT2D eigenvalue weighted by Gasteiger charge is -2.23. The Kier molecular flexibility index (Phi) is 8.70. The Morgan fingerprint density at radius 3 is 2.57 bits per heavy atom. The highest BCUT2D eigenvalue weighted by Crippen LogP contribution is 2.29. The molecular formula is C25H22Cl2F3N9O2S. The van der Waals surface area contributed by atoms with E-state index in [4.69, 9.17) is 23.2 Å². The molecule has 0 bridgehead atoms. The van der Waals surface area contributed by atoms with E-state index in [1.54, 1.807) is 19.1 Å². The number of carbonyl (C=O) groups is 2. The van der Waals surface area contributed by atoms with Crippen LogP contribution in [0.3, 0.4) is 0 Å². The van der Waals surface area contributed by atoms with E-state index < -0.39 is 17.9 Å². The van der Waals surface area contributed by atoms with Crippen molar-refractivity contribution in [3.63, 3.8) is 0 Å². The molecule has 0 saturated carbocycles. The fourth-order valence-corrected chi connectivity index (χ4v) is 5.88. The number of thioether (sulfide) groups is 1. The normalized spacial score (nSPS) is 14.1. The smallest absolute Gasteiger partial charge is 0.349 e. The quantitative estimate of drug-likeness (QED) is 0.294. The van der Waals surface area contributed by atoms with E-state index >= 15 is 0 Å². The van der Waals surface area contributed by atoms with Crippen molar-refractivity contribution in [2.45, 2.75) is 38.5 Å². The number of amides is 2. The van der Waals surface area contributed by atoms with Gasteiger partial charge in [-0.2, -0.15) is 34.8 Å². The molecule has 3 aromatic heterocycles. The predicted molar refractivity (Wildman–Crippen MR) is 150 cm³/mol. The summed E-state index contributed by atoms with van der Waals surface area (Å²) in [5.74, 6) is -0.512. The standard InChI is InChI=1S/C25H22Cl2F3N9O2S/c1-13-9-14(26)10-17(22(40)32-15-4-7-42-8-5-15)20(13)33-23(41)19-11-16(12-38-36-24(34-37-38)25(28,29)30)35-39(19)21-18(27)3-2-6-31-21/h2-3,6,9-11,15H,4-5,7-8,12H2,1H3,(H,32,40)(H,33,41). The molecule has 4 heterocycles. The van der Waals surface area contributed by atoms with Gasteiger partial charge in [-0.3, -0.25) is 9.59 Å². The van der Waals surface area contributed by atoms with Gasteiger partial charge in [0.2, 0.25) is 0 Å². The zero-order valence-corrected chi connectivity index (χ0v) is 24.2. The minimum Gasteiger partial charge on any atom is -0.349 e. The van der Waals surface area contributed by atoms with Crippen molar-refractivity contribution in [2.75, 3.05) is 16.8 Å². The Labute approximate surface area is 251 Å². The summed E-state index contributed by atoms with van der Waals surface area (Å²) in [7, 11) is 0. The second-order valence-electron chi connectivity index (χ2n) is 9.34. The highest BCUT2D eigenvalue weighted by atomic mass is 35.5. The minimum atomic E-state index is -4.78. The number of nitrogens with zero attached hydrogens (tertiary/aromatic N) is 7. The second kappa shape index (κ2) is 12.3. The van der Waals surface area contributed by atoms with Crippen LogP contribution in [0.2, 0.25) is 10.0 Å². The number of hydrogen-bond donors (Lipinski definition) is 2. The molecule has 1 aromatic carbocycles. The molecule has 4 aromatic rings. The van der Waals surface area contributed by atoms with Gasteiger partial charge in [0.1, 0.15) is 12.2 Å². The first kappa shape index (κ1) is 29.8. The first-order chi connectivity index (χ1) is 20.0. The van der Waals surface area contributed by atoms with Crippen LogP contribution in [-0.2, 0) is 12.7 Å². The Bertz CT molecular complexity index is 1640. The van der Waals surface area contributed by atoms with Gasteiger partial charge in [-0.05, 0) is 72.4 Å². The summed E-state index contributed by atoms with van der Waals surface area (Å²) in [6, 6.07) is 7.54. The largest absolute Gasteiger partial charge is 0.455 e. The monoisotopic (exact) mass is 639 g/mol. The van der Waals surface area contributed by atoms with E-state index in [-0.39, 0.29) is 52.0 Å². The van der Waals surface area contributed by atoms with Crippen molar-refractivity contribution >= 4 is 52.5 Å². The van der Waals surface area contributed by atoms with Gasteiger partial charge in [-0.25, -0.2) is 9.67 Å². The highest BCUT2D eigenvalue weighted by molar-refractivity contribution is 7.99. The van der Waals surface area contributed by atoms with Crippen LogP contribution in [0, 0.1) is 6.92 Å². The van der Waals surface area contributed by atoms with Gasteiger partial charge in [-0.1, -0.05) is 23.2 Å². The first-order valence-corrected chi connectivity index (χ1v) is 14.5. The fourth-order valence-electron chi connectivity index (χ4n) is 4.30. The van der Waals surface area contributed by atoms with Crippen LogP contribution < -0.4 is 10.6 Å². The molecule has 220 valence electrons. The van der Waals surface area contributed by atoms with E-state index in [0.29, 0.717) is 15.4 Å². The number of anilines is 1. The number of tetrazole rings is 1. The van der Waals surface area contributed by atoms with Crippen LogP contribution >= 0.6 is 35.0 Å². The molecule has 2 amide bonds. The molecule has 2 N–H and O–H groups in total. The van der Waals surface area contributed by atoms with E-state index in [2.05, 4.69) is 36.1 Å². The summed E-state index contributed by atoms with van der Waals surface area (Å²) < 4.78 is 40.0. The molecule has 1 fully saturated rings. The maximum absolute atomic E-state index is 13.7. The molecule has 0 radical (unpaired) electrons. The van der Waals surface area contributed by atoms with Gasteiger partial charge in [0, 0.05) is 17.3 Å². The van der Waals surface area contributed by atoms with Gasteiger partial charge < -0.3 is 10.6 Å². The van der Waals surface area contributed by atoms with E-state index in [1.807, 2.05) is 11.8 Å². The molecule has 11 nitrogen and oxygen atoms in total. The molecule has 0 spiro atoms. The summed E-state index contributed by atoms with van der Waals surface area (Å²) in [4.78, 5) is 31.9. The zero-order chi connectivity index (χ0) is 30.0. The van der Waals surface area contributed by atoms with Crippen LogP contribution in [0.4, 0.5) is 18.9 Å². The van der Waals surface area contributed by atoms with Crippen molar-refractivity contribution in [3.05, 3.63) is 74.9 Å². The topological polar surface area (TPSA) is 133 Å². The Morgan fingerprint density at radius 1 is 1.12 bits per heavy atom. The summed E-state index contributed by atoms with van der Waals surface area (Å²) in [5, 5.41) is 20.4. The molecule has 5 rings (SSSR count). The molecule has 0 unspecified atom stereocenters. The lowest BCUT2D eigenvalue weighted by Crippen LogP contribution is -2.37. The van der Waals surface area contributed by atoms with Crippen molar-refractivity contribution in [2.24, 2.45) is 0 Å². The summed E-state index contributed by atoms with van der Waals surface area (Å²) in [5.41, 5.74) is 1.01. The zero-order valence-electron chi connectivity index (χ0n) is 21.8. The SMILES string of the molecule is Cc1cc(Cl)cc(C(=O)NC2CCSCC2)c1NC(=O)c1cc(Cn2nnc(C(F)(F)F)n2)nn1-c1ncccc1Cl. The third-order valence-corrected chi connectivity index (χ3v) is 7.84. The number of carbonyl (C=O) groups excluding carboxylic acids is 2. The molecule has 17 heteroatoms. The van der Waals surface area contributed by atoms with Gasteiger partial charge in [0.05, 0.1) is 22.0 Å². The number of rotatable bonds is 7. The van der Waals surface area contributed by atoms with Crippen molar-refractivity contribution < 1.29 is 22.8 Å². The fraction of sp³-hybridized carbons (Fsp3) is 0.320. The number of halogens is 5. The number of alkyl halides is 3. The van der Waals surface area contributed by atoms with Crippen molar-refractivity contribution in [1.82, 2.24) is 40.3 Å². The minimum absolute atomic E-state index is 0.000123. The molecule has 42 heavy (non-hydrogen) atoms. The third-order valence-electron chi connectivity index (χ3n) is 6.28. The van der Waals surface area contributed by atoms with Crippen LogP contribution in [0.25, 0.3) is 5.82 Å². The van der Waals surface area contributed by atoms with Crippen LogP contribution in [0.15, 0.2) is 36.5 Å². The maximum Gasteiger partial charge on any atom is 0.455 e. The summed E-state index contributed by atoms with van der Waals surface area (Å²) in [6.45, 7) is 1.36. The van der Waals surface area contributed by atoms with Crippen LogP contribution in [0.1, 0.15) is 50.8 Å². The van der Waals surface area contributed by atoms with E-state index in [9.17, 15) is 22.8 Å². The lowest BCUT2D eigenvalue weighted by atomic mass is 10.1. The average Bonchev–Trinajstić information content (AvgIpc) is 3.58. The van der Waals surface area contributed by atoms with Crippen molar-refractivity contribution in [1.29, 1.82) is 0 Å². The number of aryl methyl sites for hydroxylation is 1. The van der Waals surface area contributed by atoms with Gasteiger partial charge in [0.25, 0.3) is 17.6 Å². The number of benzene rings is 1. The molecule has 1 saturated heterocycles. The Morgan fingerprint density at radius 2 is 1.88 bits per heavy atom. The maximum atomic E-state index is 13.7. The highest BCUT2D eigenvalue weighted by Gasteiger charge is 2.37. The number of aromatic nitrogens is 7. The van der Waals surface area contributed by atoms with Crippen molar-refractivity contribution in [3.8, 4) is 5.82 Å². The predicted octanol–water partition coefficient (Wildman–Crippen LogP) is 4.81. The van der Waals surface area contributed by atoms with Gasteiger partial charge >= 0.3 is 6.18 Å². The molecule has 0 atom stereocenters. The Hall–Kier alpha value is -3.69. The molecule has 1 aliphatic heterocycles. The van der Waals surface area contributed by atoms with E-state index in [0.717, 1.165) is 29.0 Å². The van der Waals surface area contributed by atoms with Gasteiger partial charge in [-0.15, -0.1) is 10.2 Å². The summed E-state index contributed by atoms with van der Waals surface area (Å²) >= 11 is 14.4. The van der Waals surface area contributed by atoms with Gasteiger partial charge in [0.15, 0.2) is 5.82 Å². The van der Waals surface area contributed by atoms with Crippen LogP contribution in [0.5, 0.6) is 0 Å². The summed E-state index contributed by atoms with van der Waals surface area (Å²) in [6.07, 6.45) is -1.68. The third kappa shape index (κ3) is 6.68. The van der Waals surface area contributed by atoms with Crippen LogP contribution in [-0.4, -0.2) is 64.3 Å². The Balaban J connectivity index is 1.48. The van der Waals surface area contributed by atoms with E-state index in [1.165, 1.54) is 24.4 Å². The molecule has 0 aliphatic carbocycles. The average molecular weight is 640 g/mol. The molecular weight excluding hydrogens is 618 g/mol.